The monoisotopic (exact) mass is 169 g/mol. The predicted molar refractivity (Wildman–Crippen MR) is 50.1 cm³/mol. The Kier molecular flexibility index (Phi) is 3.73. The Morgan fingerprint density at radius 1 is 1.50 bits per heavy atom. The lowest BCUT2D eigenvalue weighted by atomic mass is 10.1. The van der Waals surface area contributed by atoms with Gasteiger partial charge in [-0.2, -0.15) is 0 Å². The smallest absolute Gasteiger partial charge is 0.133 e. The highest BCUT2D eigenvalue weighted by atomic mass is 16.1. The number of nitrogens with zero attached hydrogens (tertiary/aromatic N) is 1. The van der Waals surface area contributed by atoms with Crippen LogP contribution in [0.4, 0.5) is 0 Å². The molecular weight excluding hydrogens is 150 g/mol. The van der Waals surface area contributed by atoms with E-state index < -0.39 is 0 Å². The molecule has 0 radical (unpaired) electrons. The Morgan fingerprint density at radius 3 is 2.58 bits per heavy atom. The number of rotatable bonds is 6. The van der Waals surface area contributed by atoms with Crippen molar-refractivity contribution in [1.29, 1.82) is 0 Å². The van der Waals surface area contributed by atoms with Crippen molar-refractivity contribution in [2.45, 2.75) is 39.2 Å². The van der Waals surface area contributed by atoms with Crippen LogP contribution in [0.5, 0.6) is 0 Å². The molecule has 0 N–H and O–H groups in total. The summed E-state index contributed by atoms with van der Waals surface area (Å²) in [4.78, 5) is 12.7. The van der Waals surface area contributed by atoms with Gasteiger partial charge in [0.05, 0.1) is 6.54 Å². The van der Waals surface area contributed by atoms with Gasteiger partial charge in [-0.05, 0) is 31.7 Å². The molecule has 1 fully saturated rings. The van der Waals surface area contributed by atoms with Crippen LogP contribution in [0.25, 0.3) is 0 Å². The number of carbonyl (C=O) groups excluding carboxylic acids is 1. The lowest BCUT2D eigenvalue weighted by Gasteiger charge is -2.19. The van der Waals surface area contributed by atoms with Crippen LogP contribution in [0.1, 0.15) is 33.1 Å². The molecule has 1 rings (SSSR count). The SMILES string of the molecule is CC(C)CCN(CC=O)C1CC1. The third-order valence-electron chi connectivity index (χ3n) is 2.37. The van der Waals surface area contributed by atoms with E-state index in [1.807, 2.05) is 0 Å². The van der Waals surface area contributed by atoms with Crippen LogP contribution in [0.15, 0.2) is 0 Å². The van der Waals surface area contributed by atoms with Gasteiger partial charge in [-0.3, -0.25) is 4.90 Å². The standard InChI is InChI=1S/C10H19NO/c1-9(2)5-6-11(7-8-12)10-3-4-10/h8-10H,3-7H2,1-2H3. The molecule has 0 aromatic heterocycles. The number of hydrogen-bond acceptors (Lipinski definition) is 2. The maximum absolute atomic E-state index is 10.4. The molecule has 0 heterocycles. The molecule has 0 aromatic rings. The Bertz CT molecular complexity index is 141. The van der Waals surface area contributed by atoms with E-state index in [4.69, 9.17) is 0 Å². The van der Waals surface area contributed by atoms with Crippen molar-refractivity contribution in [2.75, 3.05) is 13.1 Å². The van der Waals surface area contributed by atoms with Gasteiger partial charge in [-0.25, -0.2) is 0 Å². The van der Waals surface area contributed by atoms with Gasteiger partial charge in [0.25, 0.3) is 0 Å². The zero-order valence-corrected chi connectivity index (χ0v) is 8.12. The summed E-state index contributed by atoms with van der Waals surface area (Å²) in [5.41, 5.74) is 0. The maximum atomic E-state index is 10.4. The van der Waals surface area contributed by atoms with Crippen LogP contribution in [-0.2, 0) is 4.79 Å². The van der Waals surface area contributed by atoms with Crippen molar-refractivity contribution in [3.63, 3.8) is 0 Å². The Hall–Kier alpha value is -0.370. The number of aldehydes is 1. The summed E-state index contributed by atoms with van der Waals surface area (Å²) in [5, 5.41) is 0. The molecular formula is C10H19NO. The third-order valence-corrected chi connectivity index (χ3v) is 2.37. The Balaban J connectivity index is 2.18. The van der Waals surface area contributed by atoms with E-state index in [2.05, 4.69) is 18.7 Å². The Labute approximate surface area is 74.9 Å². The molecule has 1 saturated carbocycles. The lowest BCUT2D eigenvalue weighted by Crippen LogP contribution is -2.29. The van der Waals surface area contributed by atoms with E-state index in [9.17, 15) is 4.79 Å². The van der Waals surface area contributed by atoms with E-state index in [-0.39, 0.29) is 0 Å². The van der Waals surface area contributed by atoms with Crippen molar-refractivity contribution < 1.29 is 4.79 Å². The van der Waals surface area contributed by atoms with Crippen LogP contribution in [0.3, 0.4) is 0 Å². The van der Waals surface area contributed by atoms with Crippen molar-refractivity contribution in [2.24, 2.45) is 5.92 Å². The summed E-state index contributed by atoms with van der Waals surface area (Å²) in [6.45, 7) is 6.19. The maximum Gasteiger partial charge on any atom is 0.133 e. The fourth-order valence-electron chi connectivity index (χ4n) is 1.38. The molecule has 0 amide bonds. The summed E-state index contributed by atoms with van der Waals surface area (Å²) >= 11 is 0. The molecule has 2 heteroatoms. The van der Waals surface area contributed by atoms with Crippen molar-refractivity contribution >= 4 is 6.29 Å². The highest BCUT2D eigenvalue weighted by Gasteiger charge is 2.27. The molecule has 12 heavy (non-hydrogen) atoms. The molecule has 1 aliphatic rings. The summed E-state index contributed by atoms with van der Waals surface area (Å²) < 4.78 is 0. The second-order valence-electron chi connectivity index (χ2n) is 4.08. The van der Waals surface area contributed by atoms with E-state index >= 15 is 0 Å². The molecule has 0 spiro atoms. The van der Waals surface area contributed by atoms with Gasteiger partial charge in [0, 0.05) is 6.04 Å². The van der Waals surface area contributed by atoms with Crippen molar-refractivity contribution in [3.05, 3.63) is 0 Å². The van der Waals surface area contributed by atoms with Crippen LogP contribution in [0, 0.1) is 5.92 Å². The summed E-state index contributed by atoms with van der Waals surface area (Å²) in [6.07, 6.45) is 4.83. The fraction of sp³-hybridized carbons (Fsp3) is 0.900. The third kappa shape index (κ3) is 3.35. The second kappa shape index (κ2) is 4.61. The number of hydrogen-bond donors (Lipinski definition) is 0. The van der Waals surface area contributed by atoms with Crippen LogP contribution >= 0.6 is 0 Å². The van der Waals surface area contributed by atoms with Gasteiger partial charge < -0.3 is 4.79 Å². The van der Waals surface area contributed by atoms with E-state index in [1.54, 1.807) is 0 Å². The van der Waals surface area contributed by atoms with Gasteiger partial charge in [0.1, 0.15) is 6.29 Å². The van der Waals surface area contributed by atoms with Gasteiger partial charge in [-0.1, -0.05) is 13.8 Å². The molecule has 70 valence electrons. The average molecular weight is 169 g/mol. The van der Waals surface area contributed by atoms with Crippen LogP contribution in [0.2, 0.25) is 0 Å². The molecule has 0 aliphatic heterocycles. The molecule has 0 atom stereocenters. The van der Waals surface area contributed by atoms with Crippen molar-refractivity contribution in [3.8, 4) is 0 Å². The Morgan fingerprint density at radius 2 is 2.17 bits per heavy atom. The normalized spacial score (nSPS) is 17.3. The van der Waals surface area contributed by atoms with Gasteiger partial charge in [0.2, 0.25) is 0 Å². The highest BCUT2D eigenvalue weighted by Crippen LogP contribution is 2.26. The predicted octanol–water partition coefficient (Wildman–Crippen LogP) is 1.70. The first kappa shape index (κ1) is 9.72. The first-order valence-corrected chi connectivity index (χ1v) is 4.91. The minimum atomic E-state index is 0.636. The van der Waals surface area contributed by atoms with Crippen molar-refractivity contribution in [1.82, 2.24) is 4.90 Å². The molecule has 0 aromatic carbocycles. The van der Waals surface area contributed by atoms with Crippen LogP contribution in [-0.4, -0.2) is 30.3 Å². The fourth-order valence-corrected chi connectivity index (χ4v) is 1.38. The zero-order valence-electron chi connectivity index (χ0n) is 8.12. The summed E-state index contributed by atoms with van der Waals surface area (Å²) in [6, 6.07) is 0.731. The molecule has 0 unspecified atom stereocenters. The molecule has 0 bridgehead atoms. The number of carbonyl (C=O) groups is 1. The quantitative estimate of drug-likeness (QED) is 0.564. The molecule has 1 aliphatic carbocycles. The molecule has 0 saturated heterocycles. The van der Waals surface area contributed by atoms with Crippen LogP contribution < -0.4 is 0 Å². The lowest BCUT2D eigenvalue weighted by molar-refractivity contribution is -0.109. The summed E-state index contributed by atoms with van der Waals surface area (Å²) in [5.74, 6) is 0.748. The molecule has 2 nitrogen and oxygen atoms in total. The van der Waals surface area contributed by atoms with Gasteiger partial charge in [0.15, 0.2) is 0 Å². The topological polar surface area (TPSA) is 20.3 Å². The van der Waals surface area contributed by atoms with Gasteiger partial charge in [-0.15, -0.1) is 0 Å². The highest BCUT2D eigenvalue weighted by molar-refractivity contribution is 5.52. The van der Waals surface area contributed by atoms with E-state index in [0.717, 1.165) is 24.8 Å². The average Bonchev–Trinajstić information content (AvgIpc) is 2.79. The largest absolute Gasteiger partial charge is 0.302 e. The minimum absolute atomic E-state index is 0.636. The first-order chi connectivity index (χ1) is 5.74. The van der Waals surface area contributed by atoms with Gasteiger partial charge >= 0.3 is 0 Å². The first-order valence-electron chi connectivity index (χ1n) is 4.91. The zero-order chi connectivity index (χ0) is 8.97. The van der Waals surface area contributed by atoms with E-state index in [0.29, 0.717) is 6.54 Å². The second-order valence-corrected chi connectivity index (χ2v) is 4.08. The summed E-state index contributed by atoms with van der Waals surface area (Å²) in [7, 11) is 0. The minimum Gasteiger partial charge on any atom is -0.302 e. The van der Waals surface area contributed by atoms with E-state index in [1.165, 1.54) is 19.3 Å².